The van der Waals surface area contributed by atoms with E-state index in [1.165, 1.54) is 0 Å². The highest BCUT2D eigenvalue weighted by molar-refractivity contribution is 6.03. The van der Waals surface area contributed by atoms with Crippen LogP contribution in [0.1, 0.15) is 27.4 Å². The third-order valence-corrected chi connectivity index (χ3v) is 3.68. The molecule has 0 unspecified atom stereocenters. The summed E-state index contributed by atoms with van der Waals surface area (Å²) in [6.07, 6.45) is 0. The van der Waals surface area contributed by atoms with Crippen LogP contribution in [-0.2, 0) is 0 Å². The number of ketones is 1. The first kappa shape index (κ1) is 14.1. The molecule has 1 atom stereocenters. The number of aromatic hydroxyl groups is 1. The number of rotatable bonds is 4. The molecule has 0 saturated heterocycles. The van der Waals surface area contributed by atoms with Crippen molar-refractivity contribution in [2.75, 3.05) is 0 Å². The molecule has 3 rings (SSSR count). The van der Waals surface area contributed by atoms with Gasteiger partial charge in [-0.3, -0.25) is 4.79 Å². The first-order valence-electron chi connectivity index (χ1n) is 7.19. The molecular weight excluding hydrogens is 272 g/mol. The Hall–Kier alpha value is -2.87. The Labute approximate surface area is 129 Å². The number of hydrogen-bond donors (Lipinski definition) is 1. The fourth-order valence-corrected chi connectivity index (χ4v) is 2.58. The molecule has 1 N–H and O–H groups in total. The highest BCUT2D eigenvalue weighted by Crippen LogP contribution is 2.29. The lowest BCUT2D eigenvalue weighted by Gasteiger charge is -2.17. The van der Waals surface area contributed by atoms with Crippen LogP contribution < -0.4 is 0 Å². The molecule has 108 valence electrons. The summed E-state index contributed by atoms with van der Waals surface area (Å²) in [6.45, 7) is 0. The van der Waals surface area contributed by atoms with Gasteiger partial charge in [0, 0.05) is 5.56 Å². The predicted octanol–water partition coefficient (Wildman–Crippen LogP) is 4.41. The van der Waals surface area contributed by atoms with Gasteiger partial charge >= 0.3 is 0 Å². The summed E-state index contributed by atoms with van der Waals surface area (Å²) in [6, 6.07) is 25.8. The summed E-state index contributed by atoms with van der Waals surface area (Å²) in [4.78, 5) is 13.0. The number of phenolic OH excluding ortho intramolecular Hbond substituents is 1. The van der Waals surface area contributed by atoms with Gasteiger partial charge in [-0.15, -0.1) is 0 Å². The summed E-state index contributed by atoms with van der Waals surface area (Å²) in [5, 5.41) is 9.48. The van der Waals surface area contributed by atoms with Crippen molar-refractivity contribution in [3.05, 3.63) is 102 Å². The Bertz CT molecular complexity index is 747. The van der Waals surface area contributed by atoms with Crippen molar-refractivity contribution in [3.8, 4) is 5.75 Å². The molecule has 2 nitrogen and oxygen atoms in total. The molecule has 0 bridgehead atoms. The van der Waals surface area contributed by atoms with E-state index < -0.39 is 0 Å². The molecule has 0 spiro atoms. The summed E-state index contributed by atoms with van der Waals surface area (Å²) in [7, 11) is 0. The standard InChI is InChI=1S/C20H16O2/c21-18-13-11-16(12-14-18)19(15-7-3-1-4-8-15)20(22)17-9-5-2-6-10-17/h1-14,19,21H/t19-/m0/s1. The molecule has 0 aromatic heterocycles. The third-order valence-electron chi connectivity index (χ3n) is 3.68. The van der Waals surface area contributed by atoms with E-state index in [1.54, 1.807) is 24.3 Å². The van der Waals surface area contributed by atoms with E-state index in [1.807, 2.05) is 60.7 Å². The van der Waals surface area contributed by atoms with E-state index in [9.17, 15) is 9.90 Å². The van der Waals surface area contributed by atoms with Crippen LogP contribution in [0.15, 0.2) is 84.9 Å². The lowest BCUT2D eigenvalue weighted by molar-refractivity contribution is 0.0974. The zero-order valence-corrected chi connectivity index (χ0v) is 12.0. The SMILES string of the molecule is O=C(c1ccccc1)[C@@H](c1ccccc1)c1ccc(O)cc1. The van der Waals surface area contributed by atoms with E-state index in [-0.39, 0.29) is 17.5 Å². The molecule has 3 aromatic carbocycles. The van der Waals surface area contributed by atoms with Crippen LogP contribution in [0, 0.1) is 0 Å². The van der Waals surface area contributed by atoms with Gasteiger partial charge in [-0.2, -0.15) is 0 Å². The van der Waals surface area contributed by atoms with Gasteiger partial charge in [-0.1, -0.05) is 72.8 Å². The zero-order valence-electron chi connectivity index (χ0n) is 12.0. The highest BCUT2D eigenvalue weighted by Gasteiger charge is 2.23. The number of Topliss-reactive ketones (excluding diaryl/α,β-unsaturated/α-hetero) is 1. The fraction of sp³-hybridized carbons (Fsp3) is 0.0500. The molecule has 0 amide bonds. The van der Waals surface area contributed by atoms with Crippen molar-refractivity contribution in [3.63, 3.8) is 0 Å². The van der Waals surface area contributed by atoms with E-state index >= 15 is 0 Å². The van der Waals surface area contributed by atoms with Crippen LogP contribution in [0.4, 0.5) is 0 Å². The quantitative estimate of drug-likeness (QED) is 0.722. The van der Waals surface area contributed by atoms with Crippen molar-refractivity contribution < 1.29 is 9.90 Å². The van der Waals surface area contributed by atoms with Crippen LogP contribution in [0.2, 0.25) is 0 Å². The van der Waals surface area contributed by atoms with Gasteiger partial charge in [0.15, 0.2) is 5.78 Å². The van der Waals surface area contributed by atoms with Crippen molar-refractivity contribution in [2.45, 2.75) is 5.92 Å². The van der Waals surface area contributed by atoms with Crippen LogP contribution in [-0.4, -0.2) is 10.9 Å². The Balaban J connectivity index is 2.07. The number of carbonyl (C=O) groups is 1. The van der Waals surface area contributed by atoms with Crippen LogP contribution in [0.25, 0.3) is 0 Å². The Morgan fingerprint density at radius 3 is 1.77 bits per heavy atom. The molecule has 0 heterocycles. The number of carbonyl (C=O) groups excluding carboxylic acids is 1. The second-order valence-corrected chi connectivity index (χ2v) is 5.17. The molecule has 0 aliphatic rings. The van der Waals surface area contributed by atoms with Gasteiger partial charge in [-0.05, 0) is 23.3 Å². The second kappa shape index (κ2) is 6.27. The van der Waals surface area contributed by atoms with Gasteiger partial charge < -0.3 is 5.11 Å². The summed E-state index contributed by atoms with van der Waals surface area (Å²) in [5.74, 6) is -0.121. The van der Waals surface area contributed by atoms with Gasteiger partial charge in [0.25, 0.3) is 0 Å². The van der Waals surface area contributed by atoms with Crippen molar-refractivity contribution in [2.24, 2.45) is 0 Å². The lowest BCUT2D eigenvalue weighted by atomic mass is 9.85. The molecule has 0 aliphatic carbocycles. The van der Waals surface area contributed by atoms with E-state index in [0.29, 0.717) is 5.56 Å². The van der Waals surface area contributed by atoms with E-state index in [0.717, 1.165) is 11.1 Å². The second-order valence-electron chi connectivity index (χ2n) is 5.17. The number of phenols is 1. The molecule has 0 aliphatic heterocycles. The minimum atomic E-state index is -0.371. The van der Waals surface area contributed by atoms with E-state index in [2.05, 4.69) is 0 Å². The lowest BCUT2D eigenvalue weighted by Crippen LogP contribution is -2.14. The fourth-order valence-electron chi connectivity index (χ4n) is 2.58. The molecule has 0 saturated carbocycles. The Kier molecular flexibility index (Phi) is 4.01. The highest BCUT2D eigenvalue weighted by atomic mass is 16.3. The van der Waals surface area contributed by atoms with Crippen LogP contribution in [0.3, 0.4) is 0 Å². The minimum Gasteiger partial charge on any atom is -0.508 e. The summed E-state index contributed by atoms with van der Waals surface area (Å²) >= 11 is 0. The molecule has 2 heteroatoms. The molecular formula is C20H16O2. The van der Waals surface area contributed by atoms with Gasteiger partial charge in [-0.25, -0.2) is 0 Å². The molecule has 0 radical (unpaired) electrons. The normalized spacial score (nSPS) is 11.8. The van der Waals surface area contributed by atoms with E-state index in [4.69, 9.17) is 0 Å². The maximum Gasteiger partial charge on any atom is 0.174 e. The van der Waals surface area contributed by atoms with Crippen LogP contribution >= 0.6 is 0 Å². The monoisotopic (exact) mass is 288 g/mol. The first-order valence-corrected chi connectivity index (χ1v) is 7.19. The minimum absolute atomic E-state index is 0.0532. The van der Waals surface area contributed by atoms with Crippen LogP contribution in [0.5, 0.6) is 5.75 Å². The van der Waals surface area contributed by atoms with Gasteiger partial charge in [0.1, 0.15) is 5.75 Å². The molecule has 0 fully saturated rings. The average Bonchev–Trinajstić information content (AvgIpc) is 2.58. The zero-order chi connectivity index (χ0) is 15.4. The smallest absolute Gasteiger partial charge is 0.174 e. The van der Waals surface area contributed by atoms with Crippen molar-refractivity contribution in [1.82, 2.24) is 0 Å². The largest absolute Gasteiger partial charge is 0.508 e. The van der Waals surface area contributed by atoms with Crippen molar-refractivity contribution in [1.29, 1.82) is 0 Å². The van der Waals surface area contributed by atoms with Crippen molar-refractivity contribution >= 4 is 5.78 Å². The number of benzene rings is 3. The maximum absolute atomic E-state index is 13.0. The number of hydrogen-bond acceptors (Lipinski definition) is 2. The molecule has 22 heavy (non-hydrogen) atoms. The Morgan fingerprint density at radius 2 is 1.18 bits per heavy atom. The van der Waals surface area contributed by atoms with Gasteiger partial charge in [0.2, 0.25) is 0 Å². The molecule has 3 aromatic rings. The summed E-state index contributed by atoms with van der Waals surface area (Å²) in [5.41, 5.74) is 2.50. The summed E-state index contributed by atoms with van der Waals surface area (Å²) < 4.78 is 0. The topological polar surface area (TPSA) is 37.3 Å². The van der Waals surface area contributed by atoms with Gasteiger partial charge in [0.05, 0.1) is 5.92 Å². The average molecular weight is 288 g/mol. The Morgan fingerprint density at radius 1 is 0.682 bits per heavy atom. The first-order chi connectivity index (χ1) is 10.8. The predicted molar refractivity (Wildman–Crippen MR) is 87.2 cm³/mol. The third kappa shape index (κ3) is 2.91. The maximum atomic E-state index is 13.0.